The van der Waals surface area contributed by atoms with E-state index in [9.17, 15) is 5.11 Å². The molecule has 1 unspecified atom stereocenters. The van der Waals surface area contributed by atoms with Gasteiger partial charge in [0.05, 0.1) is 5.60 Å². The third-order valence-corrected chi connectivity index (χ3v) is 4.79. The van der Waals surface area contributed by atoms with Gasteiger partial charge < -0.3 is 5.11 Å². The molecule has 0 aliphatic heterocycles. The van der Waals surface area contributed by atoms with Crippen LogP contribution >= 0.6 is 23.2 Å². The first kappa shape index (κ1) is 14.2. The van der Waals surface area contributed by atoms with Crippen molar-refractivity contribution in [2.75, 3.05) is 0 Å². The fourth-order valence-corrected chi connectivity index (χ4v) is 3.46. The SMILES string of the molecule is CC(O)(Cc1c(Cl)cccc1Cl)C1CCCCC1. The van der Waals surface area contributed by atoms with Crippen molar-refractivity contribution in [2.24, 2.45) is 5.92 Å². The maximum absolute atomic E-state index is 10.7. The molecule has 18 heavy (non-hydrogen) atoms. The summed E-state index contributed by atoms with van der Waals surface area (Å²) >= 11 is 12.4. The number of halogens is 2. The van der Waals surface area contributed by atoms with Gasteiger partial charge in [-0.05, 0) is 43.4 Å². The van der Waals surface area contributed by atoms with Gasteiger partial charge >= 0.3 is 0 Å². The summed E-state index contributed by atoms with van der Waals surface area (Å²) in [5.41, 5.74) is 0.158. The Kier molecular flexibility index (Phi) is 4.58. The van der Waals surface area contributed by atoms with Crippen molar-refractivity contribution in [2.45, 2.75) is 51.0 Å². The highest BCUT2D eigenvalue weighted by Crippen LogP contribution is 2.37. The van der Waals surface area contributed by atoms with Gasteiger partial charge in [-0.15, -0.1) is 0 Å². The topological polar surface area (TPSA) is 20.2 Å². The van der Waals surface area contributed by atoms with E-state index in [1.54, 1.807) is 0 Å². The highest BCUT2D eigenvalue weighted by molar-refractivity contribution is 6.36. The first-order valence-corrected chi connectivity index (χ1v) is 7.41. The van der Waals surface area contributed by atoms with Crippen LogP contribution in [0.15, 0.2) is 18.2 Å². The van der Waals surface area contributed by atoms with E-state index < -0.39 is 5.60 Å². The Morgan fingerprint density at radius 3 is 2.28 bits per heavy atom. The third kappa shape index (κ3) is 3.20. The smallest absolute Gasteiger partial charge is 0.0689 e. The molecule has 0 saturated heterocycles. The van der Waals surface area contributed by atoms with E-state index in [2.05, 4.69) is 0 Å². The van der Waals surface area contributed by atoms with Crippen LogP contribution in [0.25, 0.3) is 0 Å². The summed E-state index contributed by atoms with van der Waals surface area (Å²) in [6, 6.07) is 5.50. The van der Waals surface area contributed by atoms with Crippen LogP contribution in [-0.4, -0.2) is 10.7 Å². The highest BCUT2D eigenvalue weighted by Gasteiger charge is 2.33. The van der Waals surface area contributed by atoms with Crippen LogP contribution in [-0.2, 0) is 6.42 Å². The molecule has 3 heteroatoms. The highest BCUT2D eigenvalue weighted by atomic mass is 35.5. The van der Waals surface area contributed by atoms with Gasteiger partial charge in [-0.2, -0.15) is 0 Å². The number of rotatable bonds is 3. The second-order valence-corrected chi connectivity index (χ2v) is 6.38. The summed E-state index contributed by atoms with van der Waals surface area (Å²) in [7, 11) is 0. The first-order valence-electron chi connectivity index (χ1n) is 6.66. The lowest BCUT2D eigenvalue weighted by Crippen LogP contribution is -2.38. The average molecular weight is 287 g/mol. The second kappa shape index (κ2) is 5.81. The Morgan fingerprint density at radius 2 is 1.72 bits per heavy atom. The van der Waals surface area contributed by atoms with Crippen LogP contribution in [0.4, 0.5) is 0 Å². The van der Waals surface area contributed by atoms with Gasteiger partial charge in [-0.3, -0.25) is 0 Å². The van der Waals surface area contributed by atoms with Gasteiger partial charge in [0, 0.05) is 16.5 Å². The van der Waals surface area contributed by atoms with E-state index in [-0.39, 0.29) is 0 Å². The van der Waals surface area contributed by atoms with Crippen molar-refractivity contribution in [3.63, 3.8) is 0 Å². The molecule has 100 valence electrons. The van der Waals surface area contributed by atoms with Crippen LogP contribution in [0.3, 0.4) is 0 Å². The lowest BCUT2D eigenvalue weighted by Gasteiger charge is -2.36. The van der Waals surface area contributed by atoms with Crippen LogP contribution in [0.2, 0.25) is 10.0 Å². The van der Waals surface area contributed by atoms with Crippen LogP contribution in [0.1, 0.15) is 44.6 Å². The van der Waals surface area contributed by atoms with Crippen LogP contribution in [0, 0.1) is 5.92 Å². The van der Waals surface area contributed by atoms with Crippen molar-refractivity contribution < 1.29 is 5.11 Å². The molecule has 1 atom stereocenters. The molecule has 0 spiro atoms. The zero-order valence-electron chi connectivity index (χ0n) is 10.8. The summed E-state index contributed by atoms with van der Waals surface area (Å²) in [6.07, 6.45) is 6.48. The van der Waals surface area contributed by atoms with Crippen molar-refractivity contribution >= 4 is 23.2 Å². The standard InChI is InChI=1S/C15H20Cl2O/c1-15(18,11-6-3-2-4-7-11)10-12-13(16)8-5-9-14(12)17/h5,8-9,11,18H,2-4,6-7,10H2,1H3. The van der Waals surface area contributed by atoms with E-state index in [0.29, 0.717) is 22.4 Å². The molecular formula is C15H20Cl2O. The number of benzene rings is 1. The lowest BCUT2D eigenvalue weighted by atomic mass is 9.75. The number of hydrogen-bond acceptors (Lipinski definition) is 1. The normalized spacial score (nSPS) is 20.7. The minimum Gasteiger partial charge on any atom is -0.390 e. The molecule has 1 N–H and O–H groups in total. The molecular weight excluding hydrogens is 267 g/mol. The summed E-state index contributed by atoms with van der Waals surface area (Å²) in [4.78, 5) is 0. The Morgan fingerprint density at radius 1 is 1.17 bits per heavy atom. The number of aliphatic hydroxyl groups is 1. The van der Waals surface area contributed by atoms with E-state index >= 15 is 0 Å². The molecule has 1 fully saturated rings. The van der Waals surface area contributed by atoms with Crippen molar-refractivity contribution in [3.8, 4) is 0 Å². The minimum absolute atomic E-state index is 0.360. The fraction of sp³-hybridized carbons (Fsp3) is 0.600. The van der Waals surface area contributed by atoms with Crippen molar-refractivity contribution in [1.82, 2.24) is 0 Å². The van der Waals surface area contributed by atoms with E-state index in [1.165, 1.54) is 19.3 Å². The summed E-state index contributed by atoms with van der Waals surface area (Å²) < 4.78 is 0. The molecule has 0 heterocycles. The van der Waals surface area contributed by atoms with E-state index in [4.69, 9.17) is 23.2 Å². The van der Waals surface area contributed by atoms with Crippen LogP contribution in [0.5, 0.6) is 0 Å². The molecule has 1 aliphatic carbocycles. The second-order valence-electron chi connectivity index (χ2n) is 5.57. The maximum atomic E-state index is 10.7. The van der Waals surface area contributed by atoms with Gasteiger partial charge in [-0.1, -0.05) is 48.5 Å². The Balaban J connectivity index is 2.16. The van der Waals surface area contributed by atoms with Crippen LogP contribution < -0.4 is 0 Å². The average Bonchev–Trinajstić information content (AvgIpc) is 2.35. The minimum atomic E-state index is -0.713. The quantitative estimate of drug-likeness (QED) is 0.841. The maximum Gasteiger partial charge on any atom is 0.0689 e. The first-order chi connectivity index (χ1) is 8.50. The van der Waals surface area contributed by atoms with Gasteiger partial charge in [0.1, 0.15) is 0 Å². The molecule has 1 aliphatic rings. The largest absolute Gasteiger partial charge is 0.390 e. The van der Waals surface area contributed by atoms with Gasteiger partial charge in [-0.25, -0.2) is 0 Å². The van der Waals surface area contributed by atoms with E-state index in [0.717, 1.165) is 18.4 Å². The van der Waals surface area contributed by atoms with Gasteiger partial charge in [0.2, 0.25) is 0 Å². The molecule has 2 rings (SSSR count). The molecule has 0 radical (unpaired) electrons. The Hall–Kier alpha value is -0.240. The van der Waals surface area contributed by atoms with Gasteiger partial charge in [0.15, 0.2) is 0 Å². The monoisotopic (exact) mass is 286 g/mol. The summed E-state index contributed by atoms with van der Waals surface area (Å²) in [6.45, 7) is 1.92. The zero-order chi connectivity index (χ0) is 13.2. The lowest BCUT2D eigenvalue weighted by molar-refractivity contribution is -0.0159. The fourth-order valence-electron chi connectivity index (χ4n) is 2.93. The summed E-state index contributed by atoms with van der Waals surface area (Å²) in [5.74, 6) is 0.360. The molecule has 0 amide bonds. The Bertz CT molecular complexity index is 389. The van der Waals surface area contributed by atoms with E-state index in [1.807, 2.05) is 25.1 Å². The predicted octanol–water partition coefficient (Wildman–Crippen LogP) is 4.87. The molecule has 1 saturated carbocycles. The van der Waals surface area contributed by atoms with Crippen molar-refractivity contribution in [3.05, 3.63) is 33.8 Å². The molecule has 1 aromatic rings. The predicted molar refractivity (Wildman–Crippen MR) is 77.4 cm³/mol. The summed E-state index contributed by atoms with van der Waals surface area (Å²) in [5, 5.41) is 12.0. The molecule has 0 aromatic heterocycles. The third-order valence-electron chi connectivity index (χ3n) is 4.08. The molecule has 0 bridgehead atoms. The number of hydrogen-bond donors (Lipinski definition) is 1. The molecule has 1 nitrogen and oxygen atoms in total. The van der Waals surface area contributed by atoms with Gasteiger partial charge in [0.25, 0.3) is 0 Å². The van der Waals surface area contributed by atoms with Crippen molar-refractivity contribution in [1.29, 1.82) is 0 Å². The Labute approximate surface area is 119 Å². The zero-order valence-corrected chi connectivity index (χ0v) is 12.3. The molecule has 1 aromatic carbocycles.